The van der Waals surface area contributed by atoms with Gasteiger partial charge in [0, 0.05) is 30.7 Å². The third-order valence-electron chi connectivity index (χ3n) is 5.51. The first-order chi connectivity index (χ1) is 14.1. The molecule has 154 valence electrons. The monoisotopic (exact) mass is 400 g/mol. The van der Waals surface area contributed by atoms with Gasteiger partial charge in [0.05, 0.1) is 26.7 Å². The Morgan fingerprint density at radius 2 is 1.79 bits per heavy atom. The van der Waals surface area contributed by atoms with Gasteiger partial charge in [0.2, 0.25) is 0 Å². The van der Waals surface area contributed by atoms with Crippen molar-refractivity contribution in [3.63, 3.8) is 0 Å². The molecule has 1 aliphatic rings. The van der Waals surface area contributed by atoms with Crippen LogP contribution in [0.2, 0.25) is 0 Å². The fourth-order valence-corrected chi connectivity index (χ4v) is 3.77. The Hall–Kier alpha value is -2.93. The maximum Gasteiger partial charge on any atom is 0.322 e. The standard InChI is InChI=1S/C22H26FN3O3/c1-29-21-10-6-19(7-11-21)24-22(28)25-12-15-26(16-13-25,14-2-3-17-27)20-8-4-18(23)5-9-20/h4-11,17H,2-3,12-16H2,1H3/p+1. The Labute approximate surface area is 170 Å². The number of nitrogens with one attached hydrogen (secondary N) is 1. The van der Waals surface area contributed by atoms with Gasteiger partial charge in [0.1, 0.15) is 36.6 Å². The lowest BCUT2D eigenvalue weighted by atomic mass is 10.1. The molecule has 2 aromatic rings. The van der Waals surface area contributed by atoms with E-state index in [0.29, 0.717) is 29.7 Å². The summed E-state index contributed by atoms with van der Waals surface area (Å²) in [6.45, 7) is 3.40. The molecular formula is C22H27FN3O3+. The Bertz CT molecular complexity index is 816. The van der Waals surface area contributed by atoms with Crippen LogP contribution < -0.4 is 14.5 Å². The van der Waals surface area contributed by atoms with Gasteiger partial charge in [-0.05, 0) is 36.4 Å². The molecule has 0 bridgehead atoms. The van der Waals surface area contributed by atoms with Gasteiger partial charge < -0.3 is 19.7 Å². The zero-order valence-electron chi connectivity index (χ0n) is 16.6. The van der Waals surface area contributed by atoms with Crippen LogP contribution in [0.4, 0.5) is 20.6 Å². The van der Waals surface area contributed by atoms with Crippen molar-refractivity contribution >= 4 is 23.7 Å². The van der Waals surface area contributed by atoms with E-state index < -0.39 is 0 Å². The number of methoxy groups -OCH3 is 1. The van der Waals surface area contributed by atoms with Crippen LogP contribution in [0.1, 0.15) is 12.8 Å². The van der Waals surface area contributed by atoms with Gasteiger partial charge in [-0.3, -0.25) is 4.48 Å². The van der Waals surface area contributed by atoms with Crippen LogP contribution >= 0.6 is 0 Å². The molecule has 2 aromatic carbocycles. The average Bonchev–Trinajstić information content (AvgIpc) is 2.75. The van der Waals surface area contributed by atoms with Crippen LogP contribution in [0, 0.1) is 5.82 Å². The SMILES string of the molecule is COc1ccc(NC(=O)N2CC[N+](CCCC=O)(c3ccc(F)cc3)CC2)cc1. The van der Waals surface area contributed by atoms with Crippen molar-refractivity contribution in [1.29, 1.82) is 0 Å². The lowest BCUT2D eigenvalue weighted by Gasteiger charge is -2.44. The van der Waals surface area contributed by atoms with Crippen LogP contribution in [0.25, 0.3) is 0 Å². The molecule has 0 atom stereocenters. The predicted molar refractivity (Wildman–Crippen MR) is 112 cm³/mol. The number of benzene rings is 2. The second kappa shape index (κ2) is 9.52. The number of amides is 2. The summed E-state index contributed by atoms with van der Waals surface area (Å²) in [4.78, 5) is 25.2. The smallest absolute Gasteiger partial charge is 0.322 e. The zero-order chi connectivity index (χ0) is 20.7. The predicted octanol–water partition coefficient (Wildman–Crippen LogP) is 3.67. The number of carbonyl (C=O) groups excluding carboxylic acids is 2. The highest BCUT2D eigenvalue weighted by atomic mass is 19.1. The van der Waals surface area contributed by atoms with Crippen LogP contribution in [0.3, 0.4) is 0 Å². The zero-order valence-corrected chi connectivity index (χ0v) is 16.6. The van der Waals surface area contributed by atoms with E-state index in [1.165, 1.54) is 12.1 Å². The Morgan fingerprint density at radius 3 is 2.38 bits per heavy atom. The fraction of sp³-hybridized carbons (Fsp3) is 0.364. The van der Waals surface area contributed by atoms with Gasteiger partial charge in [-0.1, -0.05) is 0 Å². The summed E-state index contributed by atoms with van der Waals surface area (Å²) >= 11 is 0. The first-order valence-electron chi connectivity index (χ1n) is 9.82. The summed E-state index contributed by atoms with van der Waals surface area (Å²) in [5.74, 6) is 0.468. The Balaban J connectivity index is 1.65. The van der Waals surface area contributed by atoms with Crippen molar-refractivity contribution in [2.75, 3.05) is 45.2 Å². The molecule has 0 aliphatic carbocycles. The van der Waals surface area contributed by atoms with Crippen molar-refractivity contribution in [3.05, 3.63) is 54.3 Å². The third kappa shape index (κ3) is 5.12. The normalized spacial score (nSPS) is 15.6. The molecule has 6 nitrogen and oxygen atoms in total. The number of urea groups is 1. The number of hydrogen-bond donors (Lipinski definition) is 1. The largest absolute Gasteiger partial charge is 0.497 e. The minimum Gasteiger partial charge on any atom is -0.497 e. The molecule has 0 aromatic heterocycles. The number of nitrogens with zero attached hydrogens (tertiary/aromatic N) is 2. The average molecular weight is 400 g/mol. The van der Waals surface area contributed by atoms with E-state index in [0.717, 1.165) is 43.8 Å². The maximum atomic E-state index is 13.4. The van der Waals surface area contributed by atoms with E-state index in [4.69, 9.17) is 4.74 Å². The molecule has 2 amide bonds. The van der Waals surface area contributed by atoms with Crippen LogP contribution in [-0.4, -0.2) is 57.1 Å². The van der Waals surface area contributed by atoms with Gasteiger partial charge in [-0.2, -0.15) is 0 Å². The van der Waals surface area contributed by atoms with Crippen molar-refractivity contribution in [3.8, 4) is 5.75 Å². The summed E-state index contributed by atoms with van der Waals surface area (Å²) < 4.78 is 19.2. The molecule has 1 N–H and O–H groups in total. The summed E-state index contributed by atoms with van der Waals surface area (Å²) in [6.07, 6.45) is 2.20. The van der Waals surface area contributed by atoms with E-state index in [9.17, 15) is 14.0 Å². The topological polar surface area (TPSA) is 58.6 Å². The highest BCUT2D eigenvalue weighted by molar-refractivity contribution is 5.89. The van der Waals surface area contributed by atoms with Crippen molar-refractivity contribution in [2.45, 2.75) is 12.8 Å². The number of ether oxygens (including phenoxy) is 1. The minimum absolute atomic E-state index is 0.139. The number of hydrogen-bond acceptors (Lipinski definition) is 3. The Morgan fingerprint density at radius 1 is 1.14 bits per heavy atom. The van der Waals surface area contributed by atoms with Gasteiger partial charge in [-0.25, -0.2) is 9.18 Å². The number of aldehydes is 1. The van der Waals surface area contributed by atoms with E-state index in [1.807, 2.05) is 12.1 Å². The van der Waals surface area contributed by atoms with E-state index in [-0.39, 0.29) is 11.8 Å². The Kier molecular flexibility index (Phi) is 6.82. The van der Waals surface area contributed by atoms with Gasteiger partial charge in [-0.15, -0.1) is 0 Å². The second-order valence-electron chi connectivity index (χ2n) is 7.25. The van der Waals surface area contributed by atoms with Gasteiger partial charge in [0.15, 0.2) is 0 Å². The third-order valence-corrected chi connectivity index (χ3v) is 5.51. The van der Waals surface area contributed by atoms with Gasteiger partial charge in [0.25, 0.3) is 0 Å². The summed E-state index contributed by atoms with van der Waals surface area (Å²) in [5, 5.41) is 2.92. The maximum absolute atomic E-state index is 13.4. The molecule has 0 unspecified atom stereocenters. The fourth-order valence-electron chi connectivity index (χ4n) is 3.77. The van der Waals surface area contributed by atoms with Crippen molar-refractivity contribution in [1.82, 2.24) is 9.38 Å². The minimum atomic E-state index is -0.266. The number of unbranched alkanes of at least 4 members (excludes halogenated alkanes) is 1. The highest BCUT2D eigenvalue weighted by Crippen LogP contribution is 2.27. The lowest BCUT2D eigenvalue weighted by Crippen LogP contribution is -2.62. The molecule has 7 heteroatoms. The van der Waals surface area contributed by atoms with E-state index >= 15 is 0 Å². The van der Waals surface area contributed by atoms with Crippen molar-refractivity contribution < 1.29 is 18.7 Å². The molecule has 0 radical (unpaired) electrons. The number of halogens is 1. The summed E-state index contributed by atoms with van der Waals surface area (Å²) in [7, 11) is 1.60. The van der Waals surface area contributed by atoms with E-state index in [1.54, 1.807) is 36.3 Å². The molecule has 1 heterocycles. The molecule has 0 saturated carbocycles. The molecule has 1 saturated heterocycles. The number of rotatable bonds is 7. The number of quaternary nitrogens is 1. The summed E-state index contributed by atoms with van der Waals surface area (Å²) in [6, 6.07) is 13.6. The molecule has 1 fully saturated rings. The molecular weight excluding hydrogens is 373 g/mol. The lowest BCUT2D eigenvalue weighted by molar-refractivity contribution is -0.108. The van der Waals surface area contributed by atoms with Crippen LogP contribution in [-0.2, 0) is 4.79 Å². The second-order valence-corrected chi connectivity index (χ2v) is 7.25. The molecule has 29 heavy (non-hydrogen) atoms. The molecule has 3 rings (SSSR count). The molecule has 0 spiro atoms. The first-order valence-corrected chi connectivity index (χ1v) is 9.82. The number of anilines is 1. The number of piperazine rings is 1. The van der Waals surface area contributed by atoms with Crippen molar-refractivity contribution in [2.24, 2.45) is 0 Å². The summed E-state index contributed by atoms with van der Waals surface area (Å²) in [5.41, 5.74) is 1.74. The van der Waals surface area contributed by atoms with Crippen LogP contribution in [0.5, 0.6) is 5.75 Å². The first kappa shape index (κ1) is 20.8. The highest BCUT2D eigenvalue weighted by Gasteiger charge is 2.36. The number of carbonyl (C=O) groups is 2. The van der Waals surface area contributed by atoms with E-state index in [2.05, 4.69) is 5.32 Å². The quantitative estimate of drug-likeness (QED) is 0.438. The van der Waals surface area contributed by atoms with Crippen LogP contribution in [0.15, 0.2) is 48.5 Å². The van der Waals surface area contributed by atoms with Gasteiger partial charge >= 0.3 is 6.03 Å². The molecule has 1 aliphatic heterocycles.